The summed E-state index contributed by atoms with van der Waals surface area (Å²) in [6.45, 7) is 22.8. The first kappa shape index (κ1) is 38.2. The normalized spacial score (nSPS) is 17.8. The molecule has 2 aliphatic rings. The van der Waals surface area contributed by atoms with Crippen molar-refractivity contribution in [1.82, 2.24) is 0 Å². The second-order valence-corrected chi connectivity index (χ2v) is 17.2. The van der Waals surface area contributed by atoms with E-state index in [0.29, 0.717) is 17.8 Å². The summed E-state index contributed by atoms with van der Waals surface area (Å²) in [6.07, 6.45) is 18.1. The van der Waals surface area contributed by atoms with Crippen LogP contribution in [0.4, 0.5) is 0 Å². The van der Waals surface area contributed by atoms with Crippen LogP contribution in [0.3, 0.4) is 0 Å². The molecule has 55 heavy (non-hydrogen) atoms. The third kappa shape index (κ3) is 7.00. The highest BCUT2D eigenvalue weighted by atomic mass is 14.4. The minimum absolute atomic E-state index is 0.113. The van der Waals surface area contributed by atoms with Gasteiger partial charge in [-0.2, -0.15) is 0 Å². The molecule has 0 aromatic heterocycles. The monoisotopic (exact) mass is 718 g/mol. The lowest BCUT2D eigenvalue weighted by Crippen LogP contribution is -2.16. The van der Waals surface area contributed by atoms with Crippen LogP contribution in [0, 0.1) is 32.1 Å². The molecular formula is C55H58. The molecule has 3 atom stereocenters. The zero-order valence-corrected chi connectivity index (χ0v) is 34.8. The number of rotatable bonds is 8. The van der Waals surface area contributed by atoms with E-state index in [1.165, 1.54) is 102 Å². The Labute approximate surface area is 331 Å². The maximum Gasteiger partial charge on any atom is 0.0159 e. The highest BCUT2D eigenvalue weighted by Crippen LogP contribution is 2.53. The minimum Gasteiger partial charge on any atom is -0.115 e. The Hall–Kier alpha value is -5.12. The highest BCUT2D eigenvalue weighted by molar-refractivity contribution is 6.04. The summed E-state index contributed by atoms with van der Waals surface area (Å²) in [5, 5.41) is 2.73. The maximum absolute atomic E-state index is 5.82. The molecule has 0 radical (unpaired) electrons. The number of fused-ring (bicyclic) bond motifs is 5. The average Bonchev–Trinajstić information content (AvgIpc) is 3.27. The van der Waals surface area contributed by atoms with Crippen LogP contribution in [0.25, 0.3) is 33.0 Å². The SMILES string of the molecule is C#C/C(C)=C(/C=C\C)c1ccc(C(C)C(C)c2ccc3c(c2)C(C)(C)c2cc(Cc4ccc(C5=C(C)CCC(C)C=C5)c(C)c4)c4ccccc4c2-3)cc1C. The summed E-state index contributed by atoms with van der Waals surface area (Å²) in [4.78, 5) is 0. The van der Waals surface area contributed by atoms with Gasteiger partial charge in [0, 0.05) is 11.0 Å². The minimum atomic E-state index is -0.113. The third-order valence-corrected chi connectivity index (χ3v) is 13.1. The van der Waals surface area contributed by atoms with Gasteiger partial charge in [0.2, 0.25) is 0 Å². The quantitative estimate of drug-likeness (QED) is 0.111. The van der Waals surface area contributed by atoms with Crippen LogP contribution >= 0.6 is 0 Å². The summed E-state index contributed by atoms with van der Waals surface area (Å²) in [5.74, 6) is 4.19. The van der Waals surface area contributed by atoms with Crippen molar-refractivity contribution >= 4 is 21.9 Å². The summed E-state index contributed by atoms with van der Waals surface area (Å²) < 4.78 is 0. The maximum atomic E-state index is 5.82. The summed E-state index contributed by atoms with van der Waals surface area (Å²) >= 11 is 0. The van der Waals surface area contributed by atoms with Crippen LogP contribution in [-0.4, -0.2) is 0 Å². The Morgan fingerprint density at radius 1 is 0.836 bits per heavy atom. The molecule has 3 unspecified atom stereocenters. The predicted octanol–water partition coefficient (Wildman–Crippen LogP) is 15.0. The number of hydrogen-bond acceptors (Lipinski definition) is 0. The van der Waals surface area contributed by atoms with E-state index in [2.05, 4.69) is 171 Å². The Kier molecular flexibility index (Phi) is 10.5. The summed E-state index contributed by atoms with van der Waals surface area (Å²) in [6, 6.07) is 33.1. The van der Waals surface area contributed by atoms with Gasteiger partial charge in [-0.15, -0.1) is 6.42 Å². The molecule has 0 amide bonds. The van der Waals surface area contributed by atoms with Gasteiger partial charge in [-0.3, -0.25) is 0 Å². The van der Waals surface area contributed by atoms with Crippen LogP contribution in [-0.2, 0) is 11.8 Å². The average molecular weight is 719 g/mol. The van der Waals surface area contributed by atoms with Gasteiger partial charge in [0.1, 0.15) is 0 Å². The molecule has 0 spiro atoms. The topological polar surface area (TPSA) is 0 Å². The predicted molar refractivity (Wildman–Crippen MR) is 240 cm³/mol. The van der Waals surface area contributed by atoms with E-state index < -0.39 is 0 Å². The standard InChI is InChI=1S/C55H58/c1-12-16-45(35(4)13-2)48-27-23-42(30-38(48)7)39(8)40(9)43-24-28-51-52(32-43)55(10,11)53-33-44(49-17-14-15-18-50(49)54(51)53)31-41-22-26-47(37(6)29-41)46-25-20-34(3)19-21-36(46)5/h2,12,14-18,20,22-30,32-34,39-40H,19,21,31H2,1,3-11H3/b16-12-,45-35-. The van der Waals surface area contributed by atoms with Gasteiger partial charge in [0.05, 0.1) is 0 Å². The molecule has 0 nitrogen and oxygen atoms in total. The van der Waals surface area contributed by atoms with Crippen LogP contribution in [0.2, 0.25) is 0 Å². The van der Waals surface area contributed by atoms with Crippen molar-refractivity contribution in [1.29, 1.82) is 0 Å². The highest BCUT2D eigenvalue weighted by Gasteiger charge is 2.38. The van der Waals surface area contributed by atoms with E-state index in [9.17, 15) is 0 Å². The first-order chi connectivity index (χ1) is 26.3. The number of aryl methyl sites for hydroxylation is 2. The molecule has 5 aromatic rings. The van der Waals surface area contributed by atoms with E-state index in [-0.39, 0.29) is 5.41 Å². The lowest BCUT2D eigenvalue weighted by atomic mass is 9.78. The lowest BCUT2D eigenvalue weighted by Gasteiger charge is -2.26. The Balaban J connectivity index is 1.21. The van der Waals surface area contributed by atoms with Gasteiger partial charge < -0.3 is 0 Å². The molecule has 0 saturated heterocycles. The second-order valence-electron chi connectivity index (χ2n) is 17.2. The van der Waals surface area contributed by atoms with E-state index >= 15 is 0 Å². The fourth-order valence-electron chi connectivity index (χ4n) is 9.37. The van der Waals surface area contributed by atoms with Gasteiger partial charge in [-0.05, 0) is 160 Å². The molecule has 0 bridgehead atoms. The number of allylic oxidation sites excluding steroid dienone is 8. The van der Waals surface area contributed by atoms with Crippen LogP contribution in [0.15, 0.2) is 120 Å². The van der Waals surface area contributed by atoms with Crippen molar-refractivity contribution in [3.63, 3.8) is 0 Å². The molecule has 5 aromatic carbocycles. The van der Waals surface area contributed by atoms with Crippen LogP contribution < -0.4 is 0 Å². The van der Waals surface area contributed by atoms with Crippen molar-refractivity contribution in [2.45, 2.75) is 106 Å². The fraction of sp³-hybridized carbons (Fsp3) is 0.309. The van der Waals surface area contributed by atoms with Gasteiger partial charge in [-0.1, -0.05) is 155 Å². The Bertz CT molecular complexity index is 2480. The largest absolute Gasteiger partial charge is 0.115 e. The van der Waals surface area contributed by atoms with Gasteiger partial charge in [0.15, 0.2) is 0 Å². The van der Waals surface area contributed by atoms with Gasteiger partial charge in [0.25, 0.3) is 0 Å². The molecule has 278 valence electrons. The summed E-state index contributed by atoms with van der Waals surface area (Å²) in [7, 11) is 0. The summed E-state index contributed by atoms with van der Waals surface area (Å²) in [5.41, 5.74) is 21.3. The van der Waals surface area contributed by atoms with E-state index in [1.807, 2.05) is 13.8 Å². The smallest absolute Gasteiger partial charge is 0.0159 e. The fourth-order valence-corrected chi connectivity index (χ4v) is 9.37. The molecule has 2 aliphatic carbocycles. The molecule has 0 N–H and O–H groups in total. The number of benzene rings is 5. The second kappa shape index (κ2) is 15.2. The van der Waals surface area contributed by atoms with Gasteiger partial charge >= 0.3 is 0 Å². The first-order valence-electron chi connectivity index (χ1n) is 20.4. The zero-order valence-electron chi connectivity index (χ0n) is 34.8. The molecule has 0 aliphatic heterocycles. The van der Waals surface area contributed by atoms with Crippen LogP contribution in [0.5, 0.6) is 0 Å². The molecule has 0 fully saturated rings. The lowest BCUT2D eigenvalue weighted by molar-refractivity contribution is 0.616. The molecule has 0 heteroatoms. The van der Waals surface area contributed by atoms with E-state index in [0.717, 1.165) is 17.6 Å². The molecule has 7 rings (SSSR count). The van der Waals surface area contributed by atoms with Crippen molar-refractivity contribution in [3.8, 4) is 23.5 Å². The van der Waals surface area contributed by atoms with Crippen LogP contribution in [0.1, 0.15) is 136 Å². The van der Waals surface area contributed by atoms with Crippen molar-refractivity contribution in [3.05, 3.63) is 176 Å². The van der Waals surface area contributed by atoms with Crippen molar-refractivity contribution in [2.75, 3.05) is 0 Å². The zero-order chi connectivity index (χ0) is 39.2. The Morgan fingerprint density at radius 3 is 2.22 bits per heavy atom. The number of hydrogen-bond donors (Lipinski definition) is 0. The molecular weight excluding hydrogens is 661 g/mol. The van der Waals surface area contributed by atoms with Crippen molar-refractivity contribution < 1.29 is 0 Å². The van der Waals surface area contributed by atoms with Gasteiger partial charge in [-0.25, -0.2) is 0 Å². The van der Waals surface area contributed by atoms with E-state index in [1.54, 1.807) is 0 Å². The molecule has 0 saturated carbocycles. The Morgan fingerprint density at radius 2 is 1.53 bits per heavy atom. The van der Waals surface area contributed by atoms with E-state index in [4.69, 9.17) is 6.42 Å². The van der Waals surface area contributed by atoms with Crippen molar-refractivity contribution in [2.24, 2.45) is 5.92 Å². The first-order valence-corrected chi connectivity index (χ1v) is 20.4. The third-order valence-electron chi connectivity index (χ3n) is 13.1. The number of terminal acetylenes is 1. The molecule has 0 heterocycles.